The summed E-state index contributed by atoms with van der Waals surface area (Å²) in [4.78, 5) is 21.9. The summed E-state index contributed by atoms with van der Waals surface area (Å²) < 4.78 is 5.03. The Bertz CT molecular complexity index is 420. The molecule has 0 amide bonds. The standard InChI is InChI=1S/C10H18O.C8H10O2/c1-3-8(2)9-6-4-5-7-10(9)11;1-7(9)4-5-8-3-2-6-10-8/h8-9H,3-7H2,1-2H3;2-3,6H,4-5H2,1H3. The Kier molecular flexibility index (Phi) is 8.03. The zero-order chi connectivity index (χ0) is 15.7. The first-order chi connectivity index (χ1) is 10.0. The molecule has 0 aliphatic heterocycles. The minimum Gasteiger partial charge on any atom is -0.469 e. The monoisotopic (exact) mass is 292 g/mol. The highest BCUT2D eigenvalue weighted by Crippen LogP contribution is 2.28. The molecule has 0 bridgehead atoms. The van der Waals surface area contributed by atoms with Crippen LogP contribution in [0, 0.1) is 11.8 Å². The van der Waals surface area contributed by atoms with Gasteiger partial charge >= 0.3 is 0 Å². The first kappa shape index (κ1) is 17.7. The molecule has 0 saturated heterocycles. The van der Waals surface area contributed by atoms with Gasteiger partial charge in [0, 0.05) is 25.2 Å². The second-order valence-corrected chi connectivity index (χ2v) is 5.99. The summed E-state index contributed by atoms with van der Waals surface area (Å²) in [7, 11) is 0. The molecule has 3 heteroatoms. The highest BCUT2D eigenvalue weighted by atomic mass is 16.3. The van der Waals surface area contributed by atoms with Gasteiger partial charge in [-0.05, 0) is 37.8 Å². The Morgan fingerprint density at radius 1 is 1.43 bits per heavy atom. The number of carbonyl (C=O) groups excluding carboxylic acids is 2. The number of Topliss-reactive ketones (excluding diaryl/α,β-unsaturated/α-hetero) is 2. The van der Waals surface area contributed by atoms with Crippen LogP contribution in [0.4, 0.5) is 0 Å². The van der Waals surface area contributed by atoms with Crippen molar-refractivity contribution in [3.05, 3.63) is 24.2 Å². The smallest absolute Gasteiger partial charge is 0.136 e. The van der Waals surface area contributed by atoms with Crippen LogP contribution in [0.25, 0.3) is 0 Å². The third kappa shape index (κ3) is 6.74. The fourth-order valence-corrected chi connectivity index (χ4v) is 2.65. The van der Waals surface area contributed by atoms with Crippen molar-refractivity contribution in [1.29, 1.82) is 0 Å². The van der Waals surface area contributed by atoms with Crippen molar-refractivity contribution in [2.24, 2.45) is 11.8 Å². The topological polar surface area (TPSA) is 47.3 Å². The molecule has 2 atom stereocenters. The molecule has 0 N–H and O–H groups in total. The SMILES string of the molecule is CC(=O)CCc1ccco1.CCC(C)C1CCCCC1=O. The second-order valence-electron chi connectivity index (χ2n) is 5.99. The fourth-order valence-electron chi connectivity index (χ4n) is 2.65. The normalized spacial score (nSPS) is 19.6. The van der Waals surface area contributed by atoms with Gasteiger partial charge in [0.25, 0.3) is 0 Å². The van der Waals surface area contributed by atoms with Crippen LogP contribution in [-0.2, 0) is 16.0 Å². The largest absolute Gasteiger partial charge is 0.469 e. The number of hydrogen-bond acceptors (Lipinski definition) is 3. The van der Waals surface area contributed by atoms with E-state index in [2.05, 4.69) is 13.8 Å². The van der Waals surface area contributed by atoms with E-state index in [-0.39, 0.29) is 5.78 Å². The van der Waals surface area contributed by atoms with Gasteiger partial charge in [0.15, 0.2) is 0 Å². The Morgan fingerprint density at radius 3 is 2.71 bits per heavy atom. The Morgan fingerprint density at radius 2 is 2.19 bits per heavy atom. The highest BCUT2D eigenvalue weighted by Gasteiger charge is 2.25. The van der Waals surface area contributed by atoms with E-state index in [0.29, 0.717) is 24.0 Å². The molecule has 2 rings (SSSR count). The number of aryl methyl sites for hydroxylation is 1. The molecule has 1 aromatic rings. The van der Waals surface area contributed by atoms with E-state index in [1.807, 2.05) is 12.1 Å². The van der Waals surface area contributed by atoms with Gasteiger partial charge in [0.2, 0.25) is 0 Å². The molecule has 0 radical (unpaired) electrons. The quantitative estimate of drug-likeness (QED) is 0.797. The van der Waals surface area contributed by atoms with Gasteiger partial charge in [0.05, 0.1) is 6.26 Å². The Hall–Kier alpha value is -1.38. The van der Waals surface area contributed by atoms with E-state index in [9.17, 15) is 9.59 Å². The molecule has 3 nitrogen and oxygen atoms in total. The van der Waals surface area contributed by atoms with E-state index in [0.717, 1.165) is 37.9 Å². The van der Waals surface area contributed by atoms with Gasteiger partial charge in [0.1, 0.15) is 17.3 Å². The van der Waals surface area contributed by atoms with E-state index in [4.69, 9.17) is 4.42 Å². The van der Waals surface area contributed by atoms with Gasteiger partial charge in [-0.25, -0.2) is 0 Å². The van der Waals surface area contributed by atoms with Gasteiger partial charge in [-0.15, -0.1) is 0 Å². The van der Waals surface area contributed by atoms with Crippen LogP contribution < -0.4 is 0 Å². The lowest BCUT2D eigenvalue weighted by atomic mass is 9.79. The van der Waals surface area contributed by atoms with Crippen molar-refractivity contribution in [2.75, 3.05) is 0 Å². The molecule has 1 aromatic heterocycles. The molecule has 1 aliphatic carbocycles. The molecule has 21 heavy (non-hydrogen) atoms. The van der Waals surface area contributed by atoms with Crippen LogP contribution >= 0.6 is 0 Å². The molecule has 0 aromatic carbocycles. The molecule has 2 unspecified atom stereocenters. The molecule has 0 spiro atoms. The van der Waals surface area contributed by atoms with Gasteiger partial charge in [-0.2, -0.15) is 0 Å². The van der Waals surface area contributed by atoms with Crippen molar-refractivity contribution in [3.8, 4) is 0 Å². The molecular formula is C18H28O3. The van der Waals surface area contributed by atoms with Crippen molar-refractivity contribution in [1.82, 2.24) is 0 Å². The van der Waals surface area contributed by atoms with E-state index < -0.39 is 0 Å². The van der Waals surface area contributed by atoms with Crippen LogP contribution in [0.1, 0.15) is 65.1 Å². The van der Waals surface area contributed by atoms with Crippen LogP contribution in [0.15, 0.2) is 22.8 Å². The second kappa shape index (κ2) is 9.54. The first-order valence-corrected chi connectivity index (χ1v) is 8.09. The summed E-state index contributed by atoms with van der Waals surface area (Å²) >= 11 is 0. The maximum atomic E-state index is 11.4. The number of ketones is 2. The average molecular weight is 292 g/mol. The molecule has 118 valence electrons. The predicted molar refractivity (Wildman–Crippen MR) is 84.1 cm³/mol. The summed E-state index contributed by atoms with van der Waals surface area (Å²) in [6.07, 6.45) is 8.46. The lowest BCUT2D eigenvalue weighted by Crippen LogP contribution is -2.24. The van der Waals surface area contributed by atoms with Crippen LogP contribution in [-0.4, -0.2) is 11.6 Å². The predicted octanol–water partition coefficient (Wildman–Crippen LogP) is 4.59. The number of furan rings is 1. The van der Waals surface area contributed by atoms with Crippen LogP contribution in [0.2, 0.25) is 0 Å². The number of hydrogen-bond donors (Lipinski definition) is 0. The van der Waals surface area contributed by atoms with Crippen LogP contribution in [0.5, 0.6) is 0 Å². The lowest BCUT2D eigenvalue weighted by molar-refractivity contribution is -0.126. The van der Waals surface area contributed by atoms with Crippen molar-refractivity contribution >= 4 is 11.6 Å². The summed E-state index contributed by atoms with van der Waals surface area (Å²) in [5.74, 6) is 2.62. The Balaban J connectivity index is 0.000000211. The third-order valence-corrected chi connectivity index (χ3v) is 4.24. The zero-order valence-corrected chi connectivity index (χ0v) is 13.6. The Labute approximate surface area is 128 Å². The summed E-state index contributed by atoms with van der Waals surface area (Å²) in [5.41, 5.74) is 0. The summed E-state index contributed by atoms with van der Waals surface area (Å²) in [6, 6.07) is 3.71. The van der Waals surface area contributed by atoms with Crippen LogP contribution in [0.3, 0.4) is 0 Å². The average Bonchev–Trinajstić information content (AvgIpc) is 2.99. The van der Waals surface area contributed by atoms with Crippen molar-refractivity contribution in [3.63, 3.8) is 0 Å². The first-order valence-electron chi connectivity index (χ1n) is 8.09. The number of carbonyl (C=O) groups is 2. The number of rotatable bonds is 5. The summed E-state index contributed by atoms with van der Waals surface area (Å²) in [6.45, 7) is 5.96. The molecule has 1 aliphatic rings. The van der Waals surface area contributed by atoms with E-state index >= 15 is 0 Å². The van der Waals surface area contributed by atoms with E-state index in [1.165, 1.54) is 6.42 Å². The third-order valence-electron chi connectivity index (χ3n) is 4.24. The summed E-state index contributed by atoms with van der Waals surface area (Å²) in [5, 5.41) is 0. The minimum absolute atomic E-state index is 0.205. The van der Waals surface area contributed by atoms with Gasteiger partial charge < -0.3 is 9.21 Å². The van der Waals surface area contributed by atoms with Crippen molar-refractivity contribution in [2.45, 2.75) is 65.7 Å². The molecule has 1 heterocycles. The lowest BCUT2D eigenvalue weighted by Gasteiger charge is -2.25. The van der Waals surface area contributed by atoms with Crippen molar-refractivity contribution < 1.29 is 14.0 Å². The maximum Gasteiger partial charge on any atom is 0.136 e. The zero-order valence-electron chi connectivity index (χ0n) is 13.6. The molecule has 1 saturated carbocycles. The molecule has 1 fully saturated rings. The highest BCUT2D eigenvalue weighted by molar-refractivity contribution is 5.81. The van der Waals surface area contributed by atoms with E-state index in [1.54, 1.807) is 13.2 Å². The van der Waals surface area contributed by atoms with Gasteiger partial charge in [-0.1, -0.05) is 26.7 Å². The van der Waals surface area contributed by atoms with Gasteiger partial charge in [-0.3, -0.25) is 4.79 Å². The maximum absolute atomic E-state index is 11.4. The minimum atomic E-state index is 0.205. The molecular weight excluding hydrogens is 264 g/mol. The fraction of sp³-hybridized carbons (Fsp3) is 0.667.